The number of hydrogen-bond acceptors (Lipinski definition) is 2. The Morgan fingerprint density at radius 1 is 1.00 bits per heavy atom. The second-order valence-electron chi connectivity index (χ2n) is 5.81. The Balaban J connectivity index is 1.84. The number of amides is 1. The van der Waals surface area contributed by atoms with E-state index in [1.54, 1.807) is 14.0 Å². The van der Waals surface area contributed by atoms with Gasteiger partial charge in [-0.1, -0.05) is 24.3 Å². The highest BCUT2D eigenvalue weighted by Gasteiger charge is 2.17. The molecular formula is C20H17F2NO2. The topological polar surface area (TPSA) is 38.3 Å². The van der Waals surface area contributed by atoms with Crippen LogP contribution in [-0.2, 0) is 4.79 Å². The molecule has 0 heterocycles. The maximum atomic E-state index is 13.7. The van der Waals surface area contributed by atoms with Crippen LogP contribution in [0, 0.1) is 11.6 Å². The number of nitrogens with one attached hydrogen (secondary N) is 1. The third-order valence-electron chi connectivity index (χ3n) is 4.15. The van der Waals surface area contributed by atoms with E-state index in [0.29, 0.717) is 0 Å². The number of carbonyl (C=O) groups is 1. The molecule has 0 saturated heterocycles. The Morgan fingerprint density at radius 2 is 1.72 bits per heavy atom. The molecule has 0 radical (unpaired) electrons. The normalized spacial score (nSPS) is 12.0. The fraction of sp³-hybridized carbons (Fsp3) is 0.150. The molecule has 1 N–H and O–H groups in total. The van der Waals surface area contributed by atoms with Crippen LogP contribution in [0.5, 0.6) is 5.75 Å². The minimum atomic E-state index is -0.674. The van der Waals surface area contributed by atoms with E-state index >= 15 is 0 Å². The second-order valence-corrected chi connectivity index (χ2v) is 5.81. The summed E-state index contributed by atoms with van der Waals surface area (Å²) in [5.74, 6) is -1.45. The van der Waals surface area contributed by atoms with Crippen LogP contribution in [0.1, 0.15) is 18.4 Å². The Hall–Kier alpha value is -2.95. The highest BCUT2D eigenvalue weighted by atomic mass is 19.1. The summed E-state index contributed by atoms with van der Waals surface area (Å²) in [5, 5.41) is 4.40. The van der Waals surface area contributed by atoms with Crippen LogP contribution >= 0.6 is 0 Å². The summed E-state index contributed by atoms with van der Waals surface area (Å²) in [6.07, 6.45) is 0. The van der Waals surface area contributed by atoms with Crippen molar-refractivity contribution in [1.29, 1.82) is 0 Å². The van der Waals surface area contributed by atoms with Crippen LogP contribution in [0.3, 0.4) is 0 Å². The fourth-order valence-corrected chi connectivity index (χ4v) is 2.62. The molecule has 0 bridgehead atoms. The Bertz CT molecular complexity index is 940. The monoisotopic (exact) mass is 341 g/mol. The van der Waals surface area contributed by atoms with E-state index in [-0.39, 0.29) is 5.69 Å². The molecule has 5 heteroatoms. The zero-order valence-corrected chi connectivity index (χ0v) is 13.8. The van der Waals surface area contributed by atoms with Gasteiger partial charge in [0, 0.05) is 6.07 Å². The van der Waals surface area contributed by atoms with E-state index in [1.165, 1.54) is 0 Å². The van der Waals surface area contributed by atoms with E-state index in [9.17, 15) is 13.6 Å². The summed E-state index contributed by atoms with van der Waals surface area (Å²) in [5.41, 5.74) is 0.620. The first kappa shape index (κ1) is 16.9. The summed E-state index contributed by atoms with van der Waals surface area (Å²) < 4.78 is 32.1. The summed E-state index contributed by atoms with van der Waals surface area (Å²) in [6, 6.07) is 14.3. The Labute approximate surface area is 144 Å². The van der Waals surface area contributed by atoms with Gasteiger partial charge in [-0.25, -0.2) is 8.78 Å². The van der Waals surface area contributed by atoms with Crippen LogP contribution in [0.4, 0.5) is 14.5 Å². The summed E-state index contributed by atoms with van der Waals surface area (Å²) in [7, 11) is 1.60. The van der Waals surface area contributed by atoms with E-state index in [0.717, 1.165) is 40.3 Å². The molecular weight excluding hydrogens is 324 g/mol. The zero-order valence-electron chi connectivity index (χ0n) is 13.8. The number of carbonyl (C=O) groups excluding carboxylic acids is 1. The van der Waals surface area contributed by atoms with Gasteiger partial charge in [-0.15, -0.1) is 0 Å². The minimum absolute atomic E-state index is 0.164. The summed E-state index contributed by atoms with van der Waals surface area (Å²) in [4.78, 5) is 12.4. The molecule has 25 heavy (non-hydrogen) atoms. The minimum Gasteiger partial charge on any atom is -0.497 e. The van der Waals surface area contributed by atoms with E-state index < -0.39 is 23.5 Å². The molecule has 3 aromatic rings. The maximum Gasteiger partial charge on any atom is 0.231 e. The number of benzene rings is 3. The summed E-state index contributed by atoms with van der Waals surface area (Å²) >= 11 is 0. The number of hydrogen-bond donors (Lipinski definition) is 1. The van der Waals surface area contributed by atoms with Gasteiger partial charge in [0.15, 0.2) is 0 Å². The number of methoxy groups -OCH3 is 1. The van der Waals surface area contributed by atoms with Crippen LogP contribution in [0.25, 0.3) is 10.8 Å². The van der Waals surface area contributed by atoms with Gasteiger partial charge in [-0.05, 0) is 47.5 Å². The fourth-order valence-electron chi connectivity index (χ4n) is 2.62. The van der Waals surface area contributed by atoms with Crippen LogP contribution in [0.15, 0.2) is 54.6 Å². The molecule has 3 aromatic carbocycles. The number of ether oxygens (including phenoxy) is 1. The van der Waals surface area contributed by atoms with Gasteiger partial charge >= 0.3 is 0 Å². The Morgan fingerprint density at radius 3 is 2.48 bits per heavy atom. The molecule has 0 aliphatic carbocycles. The van der Waals surface area contributed by atoms with Gasteiger partial charge in [0.1, 0.15) is 17.4 Å². The highest BCUT2D eigenvalue weighted by molar-refractivity contribution is 5.96. The zero-order chi connectivity index (χ0) is 18.0. The lowest BCUT2D eigenvalue weighted by molar-refractivity contribution is -0.117. The van der Waals surface area contributed by atoms with Crippen LogP contribution in [-0.4, -0.2) is 13.0 Å². The van der Waals surface area contributed by atoms with Gasteiger partial charge < -0.3 is 10.1 Å². The molecule has 1 atom stereocenters. The van der Waals surface area contributed by atoms with Crippen molar-refractivity contribution in [2.24, 2.45) is 0 Å². The lowest BCUT2D eigenvalue weighted by Gasteiger charge is -2.14. The van der Waals surface area contributed by atoms with Crippen LogP contribution < -0.4 is 10.1 Å². The Kier molecular flexibility index (Phi) is 4.65. The van der Waals surface area contributed by atoms with Gasteiger partial charge in [-0.3, -0.25) is 4.79 Å². The summed E-state index contributed by atoms with van der Waals surface area (Å²) in [6.45, 7) is 1.72. The third kappa shape index (κ3) is 3.60. The van der Waals surface area contributed by atoms with Gasteiger partial charge in [0.05, 0.1) is 18.7 Å². The molecule has 0 fully saturated rings. The molecule has 3 nitrogen and oxygen atoms in total. The van der Waals surface area contributed by atoms with Crippen molar-refractivity contribution in [3.8, 4) is 5.75 Å². The predicted octanol–water partition coefficient (Wildman–Crippen LogP) is 4.87. The average Bonchev–Trinajstić information content (AvgIpc) is 2.63. The van der Waals surface area contributed by atoms with Crippen molar-refractivity contribution in [2.75, 3.05) is 12.4 Å². The average molecular weight is 341 g/mol. The number of halogens is 2. The van der Waals surface area contributed by atoms with Gasteiger partial charge in [0.2, 0.25) is 5.91 Å². The largest absolute Gasteiger partial charge is 0.497 e. The van der Waals surface area contributed by atoms with Crippen LogP contribution in [0.2, 0.25) is 0 Å². The molecule has 0 unspecified atom stereocenters. The molecule has 0 aromatic heterocycles. The van der Waals surface area contributed by atoms with Crippen molar-refractivity contribution >= 4 is 22.4 Å². The molecule has 0 spiro atoms. The first-order chi connectivity index (χ1) is 12.0. The molecule has 128 valence electrons. The van der Waals surface area contributed by atoms with Crippen molar-refractivity contribution in [2.45, 2.75) is 12.8 Å². The van der Waals surface area contributed by atoms with Crippen molar-refractivity contribution in [1.82, 2.24) is 0 Å². The lowest BCUT2D eigenvalue weighted by atomic mass is 9.97. The standard InChI is InChI=1S/C20H17F2NO2/c1-12(20(24)23-19-11-16(21)6-8-18(19)22)13-3-4-15-10-17(25-2)7-5-14(15)9-13/h3-12H,1-2H3,(H,23,24)/t12-/m0/s1. The lowest BCUT2D eigenvalue weighted by Crippen LogP contribution is -2.19. The van der Waals surface area contributed by atoms with Crippen molar-refractivity contribution in [3.05, 3.63) is 71.8 Å². The van der Waals surface area contributed by atoms with E-state index in [1.807, 2.05) is 36.4 Å². The molecule has 1 amide bonds. The van der Waals surface area contributed by atoms with E-state index in [4.69, 9.17) is 4.74 Å². The maximum absolute atomic E-state index is 13.7. The third-order valence-corrected chi connectivity index (χ3v) is 4.15. The molecule has 3 rings (SSSR count). The first-order valence-electron chi connectivity index (χ1n) is 7.81. The number of anilines is 1. The molecule has 0 aliphatic rings. The van der Waals surface area contributed by atoms with Gasteiger partial charge in [-0.2, -0.15) is 0 Å². The highest BCUT2D eigenvalue weighted by Crippen LogP contribution is 2.26. The second kappa shape index (κ2) is 6.89. The predicted molar refractivity (Wildman–Crippen MR) is 93.9 cm³/mol. The number of rotatable bonds is 4. The van der Waals surface area contributed by atoms with Crippen molar-refractivity contribution in [3.63, 3.8) is 0 Å². The first-order valence-corrected chi connectivity index (χ1v) is 7.81. The van der Waals surface area contributed by atoms with Gasteiger partial charge in [0.25, 0.3) is 0 Å². The molecule has 0 saturated carbocycles. The molecule has 0 aliphatic heterocycles. The SMILES string of the molecule is COc1ccc2cc([C@H](C)C(=O)Nc3cc(F)ccc3F)ccc2c1. The number of fused-ring (bicyclic) bond motifs is 1. The van der Waals surface area contributed by atoms with Crippen molar-refractivity contribution < 1.29 is 18.3 Å². The van der Waals surface area contributed by atoms with E-state index in [2.05, 4.69) is 5.32 Å². The smallest absolute Gasteiger partial charge is 0.231 e. The quantitative estimate of drug-likeness (QED) is 0.735.